The van der Waals surface area contributed by atoms with Gasteiger partial charge in [-0.3, -0.25) is 4.79 Å². The summed E-state index contributed by atoms with van der Waals surface area (Å²) in [6, 6.07) is 5.67. The van der Waals surface area contributed by atoms with Crippen LogP contribution in [0.2, 0.25) is 0 Å². The van der Waals surface area contributed by atoms with E-state index in [0.29, 0.717) is 18.7 Å². The van der Waals surface area contributed by atoms with E-state index in [-0.39, 0.29) is 16.7 Å². The zero-order valence-electron chi connectivity index (χ0n) is 10.1. The number of sulfonamides is 1. The average molecular weight is 271 g/mol. The standard InChI is InChI=1S/C11H17N3O3S/c1-8(7-12)6-11(15)14-9-2-4-10(5-3-9)18(13,16)17/h2-5,8H,6-7,12H2,1H3,(H,14,15)(H2,13,16,17). The number of rotatable bonds is 5. The number of benzene rings is 1. The van der Waals surface area contributed by atoms with Crippen molar-refractivity contribution in [2.45, 2.75) is 18.2 Å². The number of hydrogen-bond donors (Lipinski definition) is 3. The van der Waals surface area contributed by atoms with Gasteiger partial charge in [-0.05, 0) is 36.7 Å². The van der Waals surface area contributed by atoms with Gasteiger partial charge in [0.05, 0.1) is 4.90 Å². The maximum Gasteiger partial charge on any atom is 0.238 e. The number of primary sulfonamides is 1. The van der Waals surface area contributed by atoms with Crippen LogP contribution >= 0.6 is 0 Å². The summed E-state index contributed by atoms with van der Waals surface area (Å²) in [5.74, 6) is -0.0509. The molecule has 0 spiro atoms. The van der Waals surface area contributed by atoms with Crippen molar-refractivity contribution in [1.82, 2.24) is 0 Å². The highest BCUT2D eigenvalue weighted by molar-refractivity contribution is 7.89. The quantitative estimate of drug-likeness (QED) is 0.712. The first kappa shape index (κ1) is 14.6. The molecule has 1 aromatic carbocycles. The van der Waals surface area contributed by atoms with Crippen molar-refractivity contribution in [1.29, 1.82) is 0 Å². The minimum Gasteiger partial charge on any atom is -0.330 e. The highest BCUT2D eigenvalue weighted by Gasteiger charge is 2.09. The summed E-state index contributed by atoms with van der Waals surface area (Å²) < 4.78 is 22.1. The first-order chi connectivity index (χ1) is 8.32. The van der Waals surface area contributed by atoms with Crippen molar-refractivity contribution >= 4 is 21.6 Å². The van der Waals surface area contributed by atoms with Crippen molar-refractivity contribution in [3.05, 3.63) is 24.3 Å². The highest BCUT2D eigenvalue weighted by Crippen LogP contribution is 2.13. The summed E-state index contributed by atoms with van der Waals surface area (Å²) in [6.07, 6.45) is 0.327. The van der Waals surface area contributed by atoms with Gasteiger partial charge in [0, 0.05) is 12.1 Å². The third-order valence-corrected chi connectivity index (χ3v) is 3.33. The average Bonchev–Trinajstić information content (AvgIpc) is 2.28. The Kier molecular flexibility index (Phi) is 4.83. The predicted octanol–water partition coefficient (Wildman–Crippen LogP) is 0.257. The Labute approximate surface area is 106 Å². The van der Waals surface area contributed by atoms with Crippen molar-refractivity contribution in [3.63, 3.8) is 0 Å². The van der Waals surface area contributed by atoms with Crippen molar-refractivity contribution in [2.24, 2.45) is 16.8 Å². The van der Waals surface area contributed by atoms with Crippen LogP contribution in [0.25, 0.3) is 0 Å². The molecule has 0 saturated heterocycles. The normalized spacial score (nSPS) is 13.1. The lowest BCUT2D eigenvalue weighted by Gasteiger charge is -2.09. The summed E-state index contributed by atoms with van der Waals surface area (Å²) in [6.45, 7) is 2.32. The molecule has 1 rings (SSSR count). The fraction of sp³-hybridized carbons (Fsp3) is 0.364. The van der Waals surface area contributed by atoms with Crippen LogP contribution in [0, 0.1) is 5.92 Å². The SMILES string of the molecule is CC(CN)CC(=O)Nc1ccc(S(N)(=O)=O)cc1. The van der Waals surface area contributed by atoms with Crippen molar-refractivity contribution in [2.75, 3.05) is 11.9 Å². The zero-order chi connectivity index (χ0) is 13.8. The molecule has 0 radical (unpaired) electrons. The predicted molar refractivity (Wildman–Crippen MR) is 69.3 cm³/mol. The third-order valence-electron chi connectivity index (χ3n) is 2.40. The largest absolute Gasteiger partial charge is 0.330 e. The molecule has 0 bridgehead atoms. The molecule has 0 aliphatic rings. The van der Waals surface area contributed by atoms with E-state index in [0.717, 1.165) is 0 Å². The lowest BCUT2D eigenvalue weighted by atomic mass is 10.1. The fourth-order valence-electron chi connectivity index (χ4n) is 1.34. The molecule has 0 fully saturated rings. The Morgan fingerprint density at radius 2 is 1.89 bits per heavy atom. The van der Waals surface area contributed by atoms with E-state index in [4.69, 9.17) is 10.9 Å². The summed E-state index contributed by atoms with van der Waals surface area (Å²) >= 11 is 0. The monoisotopic (exact) mass is 271 g/mol. The van der Waals surface area contributed by atoms with Gasteiger partial charge in [0.2, 0.25) is 15.9 Å². The second-order valence-electron chi connectivity index (χ2n) is 4.16. The summed E-state index contributed by atoms with van der Waals surface area (Å²) in [4.78, 5) is 11.6. The van der Waals surface area contributed by atoms with Crippen LogP contribution in [0.4, 0.5) is 5.69 Å². The van der Waals surface area contributed by atoms with E-state index in [1.165, 1.54) is 24.3 Å². The highest BCUT2D eigenvalue weighted by atomic mass is 32.2. The van der Waals surface area contributed by atoms with Gasteiger partial charge in [-0.25, -0.2) is 13.6 Å². The van der Waals surface area contributed by atoms with E-state index in [1.54, 1.807) is 0 Å². The number of carbonyl (C=O) groups is 1. The van der Waals surface area contributed by atoms with Gasteiger partial charge in [0.15, 0.2) is 0 Å². The number of nitrogens with two attached hydrogens (primary N) is 2. The van der Waals surface area contributed by atoms with Crippen LogP contribution in [-0.4, -0.2) is 20.9 Å². The maximum absolute atomic E-state index is 11.6. The van der Waals surface area contributed by atoms with Gasteiger partial charge in [-0.2, -0.15) is 0 Å². The Hall–Kier alpha value is -1.44. The van der Waals surface area contributed by atoms with Gasteiger partial charge in [0.1, 0.15) is 0 Å². The second-order valence-corrected chi connectivity index (χ2v) is 5.72. The van der Waals surface area contributed by atoms with Gasteiger partial charge in [-0.15, -0.1) is 0 Å². The lowest BCUT2D eigenvalue weighted by molar-refractivity contribution is -0.116. The molecule has 1 unspecified atom stereocenters. The third kappa shape index (κ3) is 4.44. The number of carbonyl (C=O) groups excluding carboxylic acids is 1. The van der Waals surface area contributed by atoms with Crippen LogP contribution in [0.5, 0.6) is 0 Å². The van der Waals surface area contributed by atoms with Gasteiger partial charge >= 0.3 is 0 Å². The van der Waals surface area contributed by atoms with Crippen LogP contribution in [-0.2, 0) is 14.8 Å². The van der Waals surface area contributed by atoms with Crippen molar-refractivity contribution in [3.8, 4) is 0 Å². The van der Waals surface area contributed by atoms with Gasteiger partial charge in [0.25, 0.3) is 0 Å². The topological polar surface area (TPSA) is 115 Å². The minimum atomic E-state index is -3.70. The lowest BCUT2D eigenvalue weighted by Crippen LogP contribution is -2.20. The summed E-state index contributed by atoms with van der Waals surface area (Å²) in [5.41, 5.74) is 5.95. The van der Waals surface area contributed by atoms with Crippen LogP contribution in [0.15, 0.2) is 29.2 Å². The number of anilines is 1. The first-order valence-electron chi connectivity index (χ1n) is 5.45. The van der Waals surface area contributed by atoms with E-state index in [1.807, 2.05) is 6.92 Å². The van der Waals surface area contributed by atoms with Gasteiger partial charge in [-0.1, -0.05) is 6.92 Å². The smallest absolute Gasteiger partial charge is 0.238 e. The molecule has 100 valence electrons. The molecule has 5 N–H and O–H groups in total. The maximum atomic E-state index is 11.6. The molecule has 0 aromatic heterocycles. The molecule has 0 heterocycles. The Balaban J connectivity index is 2.67. The number of amides is 1. The number of nitrogens with one attached hydrogen (secondary N) is 1. The zero-order valence-corrected chi connectivity index (χ0v) is 10.9. The van der Waals surface area contributed by atoms with E-state index < -0.39 is 10.0 Å². The molecule has 1 atom stereocenters. The first-order valence-corrected chi connectivity index (χ1v) is 7.00. The molecule has 6 nitrogen and oxygen atoms in total. The Morgan fingerprint density at radius 3 is 2.33 bits per heavy atom. The molecule has 0 saturated carbocycles. The molecular formula is C11H17N3O3S. The van der Waals surface area contributed by atoms with E-state index in [9.17, 15) is 13.2 Å². The number of hydrogen-bond acceptors (Lipinski definition) is 4. The molecule has 0 aliphatic heterocycles. The molecular weight excluding hydrogens is 254 g/mol. The van der Waals surface area contributed by atoms with Crippen LogP contribution in [0.1, 0.15) is 13.3 Å². The minimum absolute atomic E-state index is 0.0100. The van der Waals surface area contributed by atoms with Crippen LogP contribution < -0.4 is 16.2 Å². The van der Waals surface area contributed by atoms with Gasteiger partial charge < -0.3 is 11.1 Å². The molecule has 1 amide bonds. The fourth-order valence-corrected chi connectivity index (χ4v) is 1.86. The molecule has 0 aliphatic carbocycles. The molecule has 18 heavy (non-hydrogen) atoms. The summed E-state index contributed by atoms with van der Waals surface area (Å²) in [7, 11) is -3.70. The second kappa shape index (κ2) is 5.94. The summed E-state index contributed by atoms with van der Waals surface area (Å²) in [5, 5.41) is 7.62. The van der Waals surface area contributed by atoms with Crippen molar-refractivity contribution < 1.29 is 13.2 Å². The van der Waals surface area contributed by atoms with Crippen LogP contribution in [0.3, 0.4) is 0 Å². The van der Waals surface area contributed by atoms with E-state index in [2.05, 4.69) is 5.32 Å². The molecule has 7 heteroatoms. The Morgan fingerprint density at radius 1 is 1.33 bits per heavy atom. The Bertz CT molecular complexity index is 511. The molecule has 1 aromatic rings. The van der Waals surface area contributed by atoms with E-state index >= 15 is 0 Å².